The molecule has 0 aromatic carbocycles. The highest BCUT2D eigenvalue weighted by atomic mass is 16.5. The Kier molecular flexibility index (Phi) is 8.40. The number of hydrogen-bond donors (Lipinski definition) is 1. The number of hydrogen-bond acceptors (Lipinski definition) is 3. The maximum Gasteiger partial charge on any atom is 0.0617 e. The number of nitrogens with zero attached hydrogens (tertiary/aromatic N) is 1. The number of methoxy groups -OCH3 is 1. The van der Waals surface area contributed by atoms with Gasteiger partial charge in [0, 0.05) is 13.2 Å². The lowest BCUT2D eigenvalue weighted by atomic mass is 10.2. The average molecular weight is 188 g/mol. The van der Waals surface area contributed by atoms with E-state index in [4.69, 9.17) is 4.74 Å². The predicted molar refractivity (Wildman–Crippen MR) is 57.1 cm³/mol. The molecule has 0 aliphatic rings. The Balaban J connectivity index is 3.57. The van der Waals surface area contributed by atoms with Crippen LogP contribution in [0.3, 0.4) is 0 Å². The highest BCUT2D eigenvalue weighted by molar-refractivity contribution is 4.66. The van der Waals surface area contributed by atoms with Crippen molar-refractivity contribution in [2.75, 3.05) is 40.9 Å². The Morgan fingerprint density at radius 1 is 1.46 bits per heavy atom. The predicted octanol–water partition coefficient (Wildman–Crippen LogP) is 0.953. The van der Waals surface area contributed by atoms with Crippen LogP contribution in [0.25, 0.3) is 0 Å². The van der Waals surface area contributed by atoms with Crippen LogP contribution in [0.4, 0.5) is 0 Å². The molecule has 13 heavy (non-hydrogen) atoms. The number of ether oxygens (including phenoxy) is 1. The zero-order chi connectivity index (χ0) is 10.1. The summed E-state index contributed by atoms with van der Waals surface area (Å²) in [6.07, 6.45) is 2.36. The summed E-state index contributed by atoms with van der Waals surface area (Å²) in [5.41, 5.74) is 0. The van der Waals surface area contributed by atoms with Crippen LogP contribution in [-0.4, -0.2) is 51.8 Å². The third-order valence-corrected chi connectivity index (χ3v) is 2.39. The topological polar surface area (TPSA) is 24.5 Å². The van der Waals surface area contributed by atoms with Gasteiger partial charge in [-0.1, -0.05) is 6.92 Å². The van der Waals surface area contributed by atoms with Gasteiger partial charge in [0.15, 0.2) is 0 Å². The first-order valence-electron chi connectivity index (χ1n) is 5.10. The van der Waals surface area contributed by atoms with E-state index in [0.29, 0.717) is 6.04 Å². The fourth-order valence-corrected chi connectivity index (χ4v) is 1.44. The fraction of sp³-hybridized carbons (Fsp3) is 1.00. The third kappa shape index (κ3) is 6.02. The molecule has 1 unspecified atom stereocenters. The van der Waals surface area contributed by atoms with E-state index in [1.165, 1.54) is 6.42 Å². The second kappa shape index (κ2) is 8.48. The zero-order valence-corrected chi connectivity index (χ0v) is 9.47. The summed E-state index contributed by atoms with van der Waals surface area (Å²) in [6, 6.07) is 0.571. The quantitative estimate of drug-likeness (QED) is 0.574. The summed E-state index contributed by atoms with van der Waals surface area (Å²) in [7, 11) is 5.93. The van der Waals surface area contributed by atoms with Gasteiger partial charge in [-0.15, -0.1) is 0 Å². The zero-order valence-electron chi connectivity index (χ0n) is 9.47. The van der Waals surface area contributed by atoms with Gasteiger partial charge in [0.2, 0.25) is 0 Å². The molecule has 0 fully saturated rings. The maximum absolute atomic E-state index is 5.17. The van der Waals surface area contributed by atoms with Crippen molar-refractivity contribution < 1.29 is 4.74 Å². The molecule has 1 N–H and O–H groups in total. The molecular formula is C10H24N2O. The first-order valence-corrected chi connectivity index (χ1v) is 5.10. The molecule has 0 aliphatic heterocycles. The molecule has 0 aliphatic carbocycles. The molecule has 0 aromatic heterocycles. The summed E-state index contributed by atoms with van der Waals surface area (Å²) in [5, 5.41) is 3.15. The SMILES string of the molecule is CCC(COC)N(C)CCCNC. The molecule has 0 bridgehead atoms. The van der Waals surface area contributed by atoms with E-state index in [0.717, 1.165) is 26.1 Å². The average Bonchev–Trinajstić information content (AvgIpc) is 2.14. The smallest absolute Gasteiger partial charge is 0.0617 e. The lowest BCUT2D eigenvalue weighted by Gasteiger charge is -2.26. The van der Waals surface area contributed by atoms with Gasteiger partial charge in [-0.05, 0) is 40.0 Å². The van der Waals surface area contributed by atoms with Crippen molar-refractivity contribution in [1.82, 2.24) is 10.2 Å². The maximum atomic E-state index is 5.17. The van der Waals surface area contributed by atoms with Gasteiger partial charge in [-0.2, -0.15) is 0 Å². The van der Waals surface area contributed by atoms with Crippen LogP contribution >= 0.6 is 0 Å². The van der Waals surface area contributed by atoms with Crippen LogP contribution in [0.5, 0.6) is 0 Å². The first kappa shape index (κ1) is 12.9. The van der Waals surface area contributed by atoms with E-state index >= 15 is 0 Å². The minimum atomic E-state index is 0.571. The van der Waals surface area contributed by atoms with Gasteiger partial charge >= 0.3 is 0 Å². The van der Waals surface area contributed by atoms with Crippen LogP contribution in [0.15, 0.2) is 0 Å². The standard InChI is InChI=1S/C10H24N2O/c1-5-10(9-13-4)12(3)8-6-7-11-2/h10-11H,5-9H2,1-4H3. The Morgan fingerprint density at radius 2 is 2.15 bits per heavy atom. The van der Waals surface area contributed by atoms with Crippen LogP contribution in [0.2, 0.25) is 0 Å². The summed E-state index contributed by atoms with van der Waals surface area (Å²) >= 11 is 0. The van der Waals surface area contributed by atoms with Crippen LogP contribution in [-0.2, 0) is 4.74 Å². The first-order chi connectivity index (χ1) is 6.26. The van der Waals surface area contributed by atoms with Crippen LogP contribution in [0, 0.1) is 0 Å². The molecule has 0 amide bonds. The lowest BCUT2D eigenvalue weighted by Crippen LogP contribution is -2.36. The Morgan fingerprint density at radius 3 is 2.62 bits per heavy atom. The number of nitrogens with one attached hydrogen (secondary N) is 1. The van der Waals surface area contributed by atoms with E-state index in [1.807, 2.05) is 7.05 Å². The molecule has 0 aromatic rings. The highest BCUT2D eigenvalue weighted by Gasteiger charge is 2.10. The molecule has 0 saturated carbocycles. The third-order valence-electron chi connectivity index (χ3n) is 2.39. The van der Waals surface area contributed by atoms with Crippen molar-refractivity contribution in [1.29, 1.82) is 0 Å². The monoisotopic (exact) mass is 188 g/mol. The van der Waals surface area contributed by atoms with Gasteiger partial charge in [0.05, 0.1) is 6.61 Å². The lowest BCUT2D eigenvalue weighted by molar-refractivity contribution is 0.103. The number of rotatable bonds is 8. The molecule has 0 radical (unpaired) electrons. The summed E-state index contributed by atoms with van der Waals surface area (Å²) < 4.78 is 5.17. The normalized spacial score (nSPS) is 13.6. The molecule has 1 atom stereocenters. The minimum Gasteiger partial charge on any atom is -0.383 e. The van der Waals surface area contributed by atoms with Crippen molar-refractivity contribution in [2.24, 2.45) is 0 Å². The van der Waals surface area contributed by atoms with E-state index in [2.05, 4.69) is 24.2 Å². The second-order valence-corrected chi connectivity index (χ2v) is 3.46. The highest BCUT2D eigenvalue weighted by Crippen LogP contribution is 2.02. The molecule has 0 heterocycles. The molecule has 3 heteroatoms. The van der Waals surface area contributed by atoms with Gasteiger partial charge in [0.1, 0.15) is 0 Å². The van der Waals surface area contributed by atoms with Crippen molar-refractivity contribution in [2.45, 2.75) is 25.8 Å². The molecule has 0 spiro atoms. The number of likely N-dealkylation sites (N-methyl/N-ethyl adjacent to an activating group) is 1. The van der Waals surface area contributed by atoms with Gasteiger partial charge < -0.3 is 15.0 Å². The summed E-state index contributed by atoms with van der Waals surface area (Å²) in [5.74, 6) is 0. The largest absolute Gasteiger partial charge is 0.383 e. The van der Waals surface area contributed by atoms with E-state index in [-0.39, 0.29) is 0 Å². The molecule has 80 valence electrons. The van der Waals surface area contributed by atoms with Crippen LogP contribution < -0.4 is 5.32 Å². The molecule has 0 saturated heterocycles. The van der Waals surface area contributed by atoms with Gasteiger partial charge in [-0.3, -0.25) is 0 Å². The molecular weight excluding hydrogens is 164 g/mol. The van der Waals surface area contributed by atoms with Gasteiger partial charge in [-0.25, -0.2) is 0 Å². The van der Waals surface area contributed by atoms with E-state index in [9.17, 15) is 0 Å². The van der Waals surface area contributed by atoms with Crippen molar-refractivity contribution >= 4 is 0 Å². The van der Waals surface area contributed by atoms with E-state index in [1.54, 1.807) is 7.11 Å². The van der Waals surface area contributed by atoms with Crippen molar-refractivity contribution in [3.63, 3.8) is 0 Å². The van der Waals surface area contributed by atoms with Crippen LogP contribution in [0.1, 0.15) is 19.8 Å². The Hall–Kier alpha value is -0.120. The van der Waals surface area contributed by atoms with E-state index < -0.39 is 0 Å². The van der Waals surface area contributed by atoms with Crippen molar-refractivity contribution in [3.8, 4) is 0 Å². The van der Waals surface area contributed by atoms with Crippen molar-refractivity contribution in [3.05, 3.63) is 0 Å². The minimum absolute atomic E-state index is 0.571. The summed E-state index contributed by atoms with van der Waals surface area (Å²) in [6.45, 7) is 5.28. The summed E-state index contributed by atoms with van der Waals surface area (Å²) in [4.78, 5) is 2.38. The fourth-order valence-electron chi connectivity index (χ4n) is 1.44. The second-order valence-electron chi connectivity index (χ2n) is 3.46. The Labute approximate surface area is 82.4 Å². The molecule has 0 rings (SSSR count). The molecule has 3 nitrogen and oxygen atoms in total. The Bertz CT molecular complexity index is 109. The van der Waals surface area contributed by atoms with Gasteiger partial charge in [0.25, 0.3) is 0 Å².